The van der Waals surface area contributed by atoms with E-state index in [-0.39, 0.29) is 11.1 Å². The minimum absolute atomic E-state index is 0.0955. The van der Waals surface area contributed by atoms with Crippen molar-refractivity contribution >= 4 is 0 Å². The number of rotatable bonds is 3. The summed E-state index contributed by atoms with van der Waals surface area (Å²) in [5, 5.41) is 0. The molecule has 1 heterocycles. The fraction of sp³-hybridized carbons (Fsp3) is 0.600. The van der Waals surface area contributed by atoms with E-state index < -0.39 is 0 Å². The third-order valence-electron chi connectivity index (χ3n) is 4.87. The quantitative estimate of drug-likeness (QED) is 0.864. The van der Waals surface area contributed by atoms with Crippen molar-refractivity contribution in [2.75, 3.05) is 6.54 Å². The van der Waals surface area contributed by atoms with Crippen molar-refractivity contribution in [3.05, 3.63) is 35.9 Å². The first kappa shape index (κ1) is 11.2. The van der Waals surface area contributed by atoms with Crippen molar-refractivity contribution in [3.63, 3.8) is 0 Å². The van der Waals surface area contributed by atoms with Gasteiger partial charge in [-0.3, -0.25) is 4.90 Å². The topological polar surface area (TPSA) is 29.3 Å². The van der Waals surface area contributed by atoms with Gasteiger partial charge in [0.05, 0.1) is 0 Å². The van der Waals surface area contributed by atoms with Gasteiger partial charge in [0.1, 0.15) is 0 Å². The van der Waals surface area contributed by atoms with E-state index in [9.17, 15) is 0 Å². The van der Waals surface area contributed by atoms with Crippen LogP contribution >= 0.6 is 0 Å². The SMILES string of the molecule is CC1(C2(N)CC2)CCCN1Cc1ccccc1. The van der Waals surface area contributed by atoms with Crippen molar-refractivity contribution < 1.29 is 0 Å². The molecule has 2 N–H and O–H groups in total. The standard InChI is InChI=1S/C15H22N2/c1-14(15(16)9-10-15)8-5-11-17(14)12-13-6-3-2-4-7-13/h2-4,6-7H,5,8-12,16H2,1H3. The summed E-state index contributed by atoms with van der Waals surface area (Å²) in [5.41, 5.74) is 8.22. The summed E-state index contributed by atoms with van der Waals surface area (Å²) in [7, 11) is 0. The van der Waals surface area contributed by atoms with Crippen LogP contribution in [0.1, 0.15) is 38.2 Å². The molecular formula is C15H22N2. The molecule has 0 radical (unpaired) electrons. The zero-order valence-corrected chi connectivity index (χ0v) is 10.7. The fourth-order valence-corrected chi connectivity index (χ4v) is 3.31. The maximum Gasteiger partial charge on any atom is 0.0364 e. The zero-order valence-electron chi connectivity index (χ0n) is 10.7. The smallest absolute Gasteiger partial charge is 0.0364 e. The number of benzene rings is 1. The van der Waals surface area contributed by atoms with Crippen LogP contribution in [-0.2, 0) is 6.54 Å². The van der Waals surface area contributed by atoms with Crippen molar-refractivity contribution in [2.24, 2.45) is 5.73 Å². The molecule has 1 saturated carbocycles. The molecule has 0 amide bonds. The Labute approximate surface area is 104 Å². The van der Waals surface area contributed by atoms with Crippen LogP contribution in [0.3, 0.4) is 0 Å². The van der Waals surface area contributed by atoms with Crippen molar-refractivity contribution in [3.8, 4) is 0 Å². The minimum Gasteiger partial charge on any atom is -0.324 e. The zero-order chi connectivity index (χ0) is 11.9. The van der Waals surface area contributed by atoms with Gasteiger partial charge < -0.3 is 5.73 Å². The van der Waals surface area contributed by atoms with Crippen molar-refractivity contribution in [1.82, 2.24) is 4.90 Å². The lowest BCUT2D eigenvalue weighted by molar-refractivity contribution is 0.107. The van der Waals surface area contributed by atoms with E-state index in [1.165, 1.54) is 37.8 Å². The molecule has 1 saturated heterocycles. The van der Waals surface area contributed by atoms with E-state index >= 15 is 0 Å². The summed E-state index contributed by atoms with van der Waals surface area (Å²) in [5.74, 6) is 0. The Morgan fingerprint density at radius 2 is 1.88 bits per heavy atom. The summed E-state index contributed by atoms with van der Waals surface area (Å²) < 4.78 is 0. The molecule has 2 heteroatoms. The molecule has 0 bridgehead atoms. The van der Waals surface area contributed by atoms with Gasteiger partial charge in [0.25, 0.3) is 0 Å². The van der Waals surface area contributed by atoms with Gasteiger partial charge in [-0.05, 0) is 44.7 Å². The molecule has 3 rings (SSSR count). The second-order valence-corrected chi connectivity index (χ2v) is 5.94. The van der Waals surface area contributed by atoms with Crippen LogP contribution in [0.4, 0.5) is 0 Å². The highest BCUT2D eigenvalue weighted by atomic mass is 15.3. The van der Waals surface area contributed by atoms with Gasteiger partial charge in [0, 0.05) is 17.6 Å². The normalized spacial score (nSPS) is 31.6. The van der Waals surface area contributed by atoms with Crippen LogP contribution in [0, 0.1) is 0 Å². The van der Waals surface area contributed by atoms with Gasteiger partial charge in [-0.15, -0.1) is 0 Å². The Balaban J connectivity index is 1.79. The van der Waals surface area contributed by atoms with Gasteiger partial charge in [-0.2, -0.15) is 0 Å². The highest BCUT2D eigenvalue weighted by Gasteiger charge is 2.57. The average Bonchev–Trinajstić information content (AvgIpc) is 2.98. The first-order valence-electron chi connectivity index (χ1n) is 6.72. The molecule has 1 aliphatic carbocycles. The average molecular weight is 230 g/mol. The Morgan fingerprint density at radius 3 is 2.53 bits per heavy atom. The lowest BCUT2D eigenvalue weighted by Crippen LogP contribution is -2.56. The molecule has 0 spiro atoms. The third-order valence-corrected chi connectivity index (χ3v) is 4.87. The Kier molecular flexibility index (Phi) is 2.53. The summed E-state index contributed by atoms with van der Waals surface area (Å²) in [6.07, 6.45) is 4.96. The van der Waals surface area contributed by atoms with Crippen LogP contribution in [0.5, 0.6) is 0 Å². The number of nitrogens with zero attached hydrogens (tertiary/aromatic N) is 1. The van der Waals surface area contributed by atoms with Gasteiger partial charge in [-0.1, -0.05) is 30.3 Å². The highest BCUT2D eigenvalue weighted by Crippen LogP contribution is 2.50. The molecular weight excluding hydrogens is 208 g/mol. The summed E-state index contributed by atoms with van der Waals surface area (Å²) in [6, 6.07) is 10.8. The number of likely N-dealkylation sites (tertiary alicyclic amines) is 1. The first-order valence-corrected chi connectivity index (χ1v) is 6.72. The second-order valence-electron chi connectivity index (χ2n) is 5.94. The van der Waals surface area contributed by atoms with Crippen LogP contribution in [0.25, 0.3) is 0 Å². The fourth-order valence-electron chi connectivity index (χ4n) is 3.31. The highest BCUT2D eigenvalue weighted by molar-refractivity contribution is 5.21. The largest absolute Gasteiger partial charge is 0.324 e. The van der Waals surface area contributed by atoms with Crippen LogP contribution in [-0.4, -0.2) is 22.5 Å². The predicted molar refractivity (Wildman–Crippen MR) is 70.6 cm³/mol. The van der Waals surface area contributed by atoms with Crippen LogP contribution < -0.4 is 5.73 Å². The molecule has 1 aromatic carbocycles. The molecule has 1 aliphatic heterocycles. The van der Waals surface area contributed by atoms with E-state index in [1.807, 2.05) is 0 Å². The molecule has 1 atom stereocenters. The number of hydrogen-bond donors (Lipinski definition) is 1. The van der Waals surface area contributed by atoms with Crippen molar-refractivity contribution in [2.45, 2.75) is 50.2 Å². The molecule has 92 valence electrons. The Bertz CT molecular complexity index is 397. The molecule has 2 nitrogen and oxygen atoms in total. The van der Waals surface area contributed by atoms with Crippen LogP contribution in [0.2, 0.25) is 0 Å². The summed E-state index contributed by atoms with van der Waals surface area (Å²) in [4.78, 5) is 2.61. The molecule has 17 heavy (non-hydrogen) atoms. The van der Waals surface area contributed by atoms with Crippen molar-refractivity contribution in [1.29, 1.82) is 0 Å². The number of nitrogens with two attached hydrogens (primary N) is 1. The lowest BCUT2D eigenvalue weighted by Gasteiger charge is -2.41. The van der Waals surface area contributed by atoms with Crippen LogP contribution in [0.15, 0.2) is 30.3 Å². The van der Waals surface area contributed by atoms with Gasteiger partial charge in [0.2, 0.25) is 0 Å². The maximum atomic E-state index is 6.49. The Morgan fingerprint density at radius 1 is 1.18 bits per heavy atom. The predicted octanol–water partition coefficient (Wildman–Crippen LogP) is 2.53. The van der Waals surface area contributed by atoms with E-state index in [0.29, 0.717) is 0 Å². The number of hydrogen-bond acceptors (Lipinski definition) is 2. The molecule has 2 fully saturated rings. The summed E-state index contributed by atoms with van der Waals surface area (Å²) >= 11 is 0. The van der Waals surface area contributed by atoms with Gasteiger partial charge in [0.15, 0.2) is 0 Å². The molecule has 2 aliphatic rings. The minimum atomic E-state index is 0.0955. The van der Waals surface area contributed by atoms with Gasteiger partial charge in [-0.25, -0.2) is 0 Å². The summed E-state index contributed by atoms with van der Waals surface area (Å²) in [6.45, 7) is 4.62. The maximum absolute atomic E-state index is 6.49. The Hall–Kier alpha value is -0.860. The van der Waals surface area contributed by atoms with E-state index in [1.54, 1.807) is 0 Å². The third kappa shape index (κ3) is 1.80. The lowest BCUT2D eigenvalue weighted by atomic mass is 9.87. The van der Waals surface area contributed by atoms with E-state index in [2.05, 4.69) is 42.2 Å². The molecule has 0 aromatic heterocycles. The van der Waals surface area contributed by atoms with E-state index in [0.717, 1.165) is 6.54 Å². The first-order chi connectivity index (χ1) is 8.14. The second kappa shape index (κ2) is 3.82. The molecule has 1 unspecified atom stereocenters. The van der Waals surface area contributed by atoms with Gasteiger partial charge >= 0.3 is 0 Å². The monoisotopic (exact) mass is 230 g/mol. The molecule has 1 aromatic rings. The van der Waals surface area contributed by atoms with E-state index in [4.69, 9.17) is 5.73 Å².